The largest absolute Gasteiger partial charge is 0.497 e. The summed E-state index contributed by atoms with van der Waals surface area (Å²) in [5.74, 6) is -0.591. The minimum Gasteiger partial charge on any atom is -0.497 e. The highest BCUT2D eigenvalue weighted by molar-refractivity contribution is 7.92. The molecule has 0 saturated carbocycles. The highest BCUT2D eigenvalue weighted by Gasteiger charge is 2.33. The van der Waals surface area contributed by atoms with Gasteiger partial charge >= 0.3 is 6.18 Å². The Bertz CT molecular complexity index is 1600. The van der Waals surface area contributed by atoms with Crippen LogP contribution in [0.15, 0.2) is 83.8 Å². The van der Waals surface area contributed by atoms with Crippen LogP contribution in [-0.2, 0) is 22.6 Å². The molecule has 4 aromatic rings. The summed E-state index contributed by atoms with van der Waals surface area (Å²) < 4.78 is 87.4. The van der Waals surface area contributed by atoms with Gasteiger partial charge in [0, 0.05) is 5.92 Å². The number of alkyl halides is 3. The summed E-state index contributed by atoms with van der Waals surface area (Å²) in [6.45, 7) is 0. The third kappa shape index (κ3) is 5.08. The average Bonchev–Trinajstić information content (AvgIpc) is 3.31. The lowest BCUT2D eigenvalue weighted by molar-refractivity contribution is -0.137. The molecule has 1 aliphatic rings. The molecule has 0 saturated heterocycles. The van der Waals surface area contributed by atoms with Gasteiger partial charge in [0.15, 0.2) is 0 Å². The number of hydrogen-bond acceptors (Lipinski definition) is 4. The van der Waals surface area contributed by atoms with Crippen LogP contribution < -0.4 is 9.46 Å². The first-order valence-corrected chi connectivity index (χ1v) is 13.2. The van der Waals surface area contributed by atoms with Crippen molar-refractivity contribution in [2.24, 2.45) is 0 Å². The summed E-state index contributed by atoms with van der Waals surface area (Å²) in [7, 11) is -2.52. The maximum atomic E-state index is 13.6. The molecule has 0 spiro atoms. The number of hydrogen-bond donors (Lipinski definition) is 1. The number of benzene rings is 3. The Kier molecular flexibility index (Phi) is 6.60. The maximum absolute atomic E-state index is 13.6. The quantitative estimate of drug-likeness (QED) is 0.215. The zero-order valence-corrected chi connectivity index (χ0v) is 20.9. The van der Waals surface area contributed by atoms with Gasteiger partial charge in [0.05, 0.1) is 17.6 Å². The number of aryl methyl sites for hydroxylation is 1. The van der Waals surface area contributed by atoms with Crippen molar-refractivity contribution in [3.05, 3.63) is 107 Å². The number of methoxy groups -OCH3 is 1. The molecular formula is C28H22F4N2O3S. The van der Waals surface area contributed by atoms with Crippen LogP contribution in [0.4, 0.5) is 23.4 Å². The summed E-state index contributed by atoms with van der Waals surface area (Å²) in [5, 5.41) is 0. The van der Waals surface area contributed by atoms with Crippen LogP contribution in [-0.4, -0.2) is 20.5 Å². The Morgan fingerprint density at radius 1 is 0.947 bits per heavy atom. The van der Waals surface area contributed by atoms with Crippen molar-refractivity contribution in [2.45, 2.75) is 29.8 Å². The molecule has 0 aliphatic heterocycles. The van der Waals surface area contributed by atoms with Gasteiger partial charge in [-0.3, -0.25) is 4.72 Å². The van der Waals surface area contributed by atoms with Gasteiger partial charge in [-0.2, -0.15) is 17.6 Å². The number of anilines is 1. The fourth-order valence-corrected chi connectivity index (χ4v) is 5.85. The summed E-state index contributed by atoms with van der Waals surface area (Å²) >= 11 is 0. The molecule has 1 atom stereocenters. The van der Waals surface area contributed by atoms with Crippen LogP contribution in [0.3, 0.4) is 0 Å². The van der Waals surface area contributed by atoms with E-state index in [1.165, 1.54) is 31.4 Å². The van der Waals surface area contributed by atoms with Crippen molar-refractivity contribution in [2.75, 3.05) is 11.8 Å². The molecule has 196 valence electrons. The SMILES string of the molecule is COc1ccc(-c2cc(C(F)(F)F)ccc2C2CCc3cc(S(=O)(=O)Nc4cccc(F)n4)ccc32)cc1. The average molecular weight is 543 g/mol. The molecule has 10 heteroatoms. The van der Waals surface area contributed by atoms with Crippen LogP contribution >= 0.6 is 0 Å². The second-order valence-corrected chi connectivity index (χ2v) is 10.6. The molecular weight excluding hydrogens is 520 g/mol. The van der Waals surface area contributed by atoms with Crippen molar-refractivity contribution < 1.29 is 30.7 Å². The van der Waals surface area contributed by atoms with E-state index in [2.05, 4.69) is 9.71 Å². The molecule has 0 bridgehead atoms. The molecule has 1 N–H and O–H groups in total. The fraction of sp³-hybridized carbons (Fsp3) is 0.179. The standard InChI is InChI=1S/C28H22F4N2O3S/c1-37-20-9-5-17(6-10-20)25-16-19(28(30,31)32)8-13-24(25)23-12-7-18-15-21(11-14-22(18)23)38(35,36)34-27-4-2-3-26(29)33-27/h2-6,8-11,13-16,23H,7,12H2,1H3,(H,33,34). The molecule has 1 unspecified atom stereocenters. The highest BCUT2D eigenvalue weighted by Crippen LogP contribution is 2.44. The molecule has 3 aromatic carbocycles. The maximum Gasteiger partial charge on any atom is 0.416 e. The van der Waals surface area contributed by atoms with E-state index in [4.69, 9.17) is 4.74 Å². The van der Waals surface area contributed by atoms with Crippen LogP contribution in [0, 0.1) is 5.95 Å². The van der Waals surface area contributed by atoms with E-state index < -0.39 is 27.7 Å². The van der Waals surface area contributed by atoms with Crippen molar-refractivity contribution in [1.29, 1.82) is 0 Å². The van der Waals surface area contributed by atoms with E-state index in [1.807, 2.05) is 0 Å². The molecule has 0 radical (unpaired) electrons. The molecule has 1 aliphatic carbocycles. The Balaban J connectivity index is 1.52. The van der Waals surface area contributed by atoms with Gasteiger partial charge in [0.2, 0.25) is 5.95 Å². The summed E-state index contributed by atoms with van der Waals surface area (Å²) in [6, 6.07) is 19.0. The van der Waals surface area contributed by atoms with E-state index in [-0.39, 0.29) is 16.6 Å². The van der Waals surface area contributed by atoms with E-state index >= 15 is 0 Å². The number of ether oxygens (including phenoxy) is 1. The van der Waals surface area contributed by atoms with Gasteiger partial charge in [0.1, 0.15) is 11.6 Å². The summed E-state index contributed by atoms with van der Waals surface area (Å²) in [5.41, 5.74) is 2.68. The number of pyridine rings is 1. The molecule has 5 nitrogen and oxygen atoms in total. The van der Waals surface area contributed by atoms with Gasteiger partial charge in [0.25, 0.3) is 10.0 Å². The van der Waals surface area contributed by atoms with E-state index in [1.54, 1.807) is 36.4 Å². The Labute approximate surface area is 217 Å². The fourth-order valence-electron chi connectivity index (χ4n) is 4.80. The van der Waals surface area contributed by atoms with E-state index in [0.29, 0.717) is 29.7 Å². The minimum atomic E-state index is -4.50. The van der Waals surface area contributed by atoms with Crippen molar-refractivity contribution in [1.82, 2.24) is 4.98 Å². The van der Waals surface area contributed by atoms with Gasteiger partial charge < -0.3 is 4.74 Å². The first-order chi connectivity index (χ1) is 18.0. The molecule has 0 amide bonds. The first-order valence-electron chi connectivity index (χ1n) is 11.7. The smallest absolute Gasteiger partial charge is 0.416 e. The minimum absolute atomic E-state index is 0.00856. The number of nitrogens with zero attached hydrogens (tertiary/aromatic N) is 1. The summed E-state index contributed by atoms with van der Waals surface area (Å²) in [4.78, 5) is 3.53. The lowest BCUT2D eigenvalue weighted by atomic mass is 9.86. The Morgan fingerprint density at radius 3 is 2.37 bits per heavy atom. The monoisotopic (exact) mass is 542 g/mol. The number of halogens is 4. The number of sulfonamides is 1. The van der Waals surface area contributed by atoms with Crippen molar-refractivity contribution in [3.63, 3.8) is 0 Å². The highest BCUT2D eigenvalue weighted by atomic mass is 32.2. The van der Waals surface area contributed by atoms with Crippen molar-refractivity contribution in [3.8, 4) is 16.9 Å². The number of rotatable bonds is 6. The number of aromatic nitrogens is 1. The van der Waals surface area contributed by atoms with E-state index in [0.717, 1.165) is 34.9 Å². The second kappa shape index (κ2) is 9.75. The topological polar surface area (TPSA) is 68.3 Å². The lowest BCUT2D eigenvalue weighted by Crippen LogP contribution is -2.14. The van der Waals surface area contributed by atoms with Gasteiger partial charge in [-0.05, 0) is 89.2 Å². The predicted octanol–water partition coefficient (Wildman–Crippen LogP) is 6.79. The molecule has 1 aromatic heterocycles. The zero-order valence-electron chi connectivity index (χ0n) is 20.1. The van der Waals surface area contributed by atoms with Crippen LogP contribution in [0.5, 0.6) is 5.75 Å². The Hall–Kier alpha value is -3.92. The van der Waals surface area contributed by atoms with Crippen LogP contribution in [0.25, 0.3) is 11.1 Å². The normalized spacial score (nSPS) is 15.2. The van der Waals surface area contributed by atoms with Crippen LogP contribution in [0.1, 0.15) is 34.6 Å². The predicted molar refractivity (Wildman–Crippen MR) is 135 cm³/mol. The molecule has 1 heterocycles. The first kappa shape index (κ1) is 25.7. The van der Waals surface area contributed by atoms with Crippen molar-refractivity contribution >= 4 is 15.8 Å². The third-order valence-corrected chi connectivity index (χ3v) is 7.97. The van der Waals surface area contributed by atoms with Gasteiger partial charge in [-0.25, -0.2) is 13.4 Å². The second-order valence-electron chi connectivity index (χ2n) is 8.93. The summed E-state index contributed by atoms with van der Waals surface area (Å²) in [6.07, 6.45) is -3.35. The van der Waals surface area contributed by atoms with E-state index in [9.17, 15) is 26.0 Å². The molecule has 38 heavy (non-hydrogen) atoms. The third-order valence-electron chi connectivity index (χ3n) is 6.61. The number of nitrogens with one attached hydrogen (secondary N) is 1. The van der Waals surface area contributed by atoms with Crippen LogP contribution in [0.2, 0.25) is 0 Å². The Morgan fingerprint density at radius 2 is 1.68 bits per heavy atom. The zero-order chi connectivity index (χ0) is 27.1. The molecule has 0 fully saturated rings. The molecule has 5 rings (SSSR count). The lowest BCUT2D eigenvalue weighted by Gasteiger charge is -2.20. The van der Waals surface area contributed by atoms with Gasteiger partial charge in [-0.15, -0.1) is 0 Å². The van der Waals surface area contributed by atoms with Gasteiger partial charge in [-0.1, -0.05) is 30.3 Å². The number of fused-ring (bicyclic) bond motifs is 1.